The maximum atomic E-state index is 13.2. The van der Waals surface area contributed by atoms with Gasteiger partial charge in [0.1, 0.15) is 11.9 Å². The molecule has 1 unspecified atom stereocenters. The fraction of sp³-hybridized carbons (Fsp3) is 0.350. The van der Waals surface area contributed by atoms with Crippen LogP contribution in [0.25, 0.3) is 10.7 Å². The van der Waals surface area contributed by atoms with Gasteiger partial charge < -0.3 is 10.2 Å². The van der Waals surface area contributed by atoms with Gasteiger partial charge in [-0.3, -0.25) is 19.3 Å². The van der Waals surface area contributed by atoms with Crippen molar-refractivity contribution in [3.8, 4) is 10.7 Å². The van der Waals surface area contributed by atoms with Gasteiger partial charge in [-0.05, 0) is 55.6 Å². The zero-order chi connectivity index (χ0) is 22.0. The molecule has 11 heteroatoms. The van der Waals surface area contributed by atoms with Gasteiger partial charge in [0.15, 0.2) is 10.6 Å². The number of carbonyl (C=O) groups is 2. The number of hydrogen-bond acceptors (Lipinski definition) is 6. The molecular formula is C20H21ClN6O2S2. The summed E-state index contributed by atoms with van der Waals surface area (Å²) in [4.78, 5) is 32.6. The summed E-state index contributed by atoms with van der Waals surface area (Å²) >= 11 is 12.7. The Morgan fingerprint density at radius 1 is 1.32 bits per heavy atom. The van der Waals surface area contributed by atoms with E-state index in [0.717, 1.165) is 4.88 Å². The molecule has 1 aliphatic rings. The van der Waals surface area contributed by atoms with E-state index in [1.54, 1.807) is 32.9 Å². The summed E-state index contributed by atoms with van der Waals surface area (Å²) in [6.45, 7) is 2.85. The number of carbonyl (C=O) groups excluding carboxylic acids is 2. The number of piperidine rings is 1. The van der Waals surface area contributed by atoms with Crippen LogP contribution >= 0.6 is 35.2 Å². The highest BCUT2D eigenvalue weighted by atomic mass is 35.5. The Morgan fingerprint density at radius 3 is 2.74 bits per heavy atom. The number of H-pyrrole nitrogens is 1. The number of anilines is 1. The van der Waals surface area contributed by atoms with E-state index in [0.29, 0.717) is 47.4 Å². The Morgan fingerprint density at radius 2 is 2.10 bits per heavy atom. The summed E-state index contributed by atoms with van der Waals surface area (Å²) in [5.41, 5.74) is 0. The SMILES string of the molecule is CC(C(=O)N1CCC(C(=O)Nc2ccc(Cl)cn2)CC1)n1c(-c2cccs2)n[nH]c1=S. The number of amides is 2. The lowest BCUT2D eigenvalue weighted by atomic mass is 9.95. The number of aromatic nitrogens is 4. The van der Waals surface area contributed by atoms with Crippen molar-refractivity contribution >= 4 is 52.8 Å². The van der Waals surface area contributed by atoms with E-state index in [2.05, 4.69) is 20.5 Å². The minimum absolute atomic E-state index is 0.0338. The highest BCUT2D eigenvalue weighted by Crippen LogP contribution is 2.27. The number of rotatable bonds is 5. The van der Waals surface area contributed by atoms with E-state index in [9.17, 15) is 9.59 Å². The van der Waals surface area contributed by atoms with Gasteiger partial charge >= 0.3 is 0 Å². The Hall–Kier alpha value is -2.56. The molecule has 162 valence electrons. The number of aromatic amines is 1. The second kappa shape index (κ2) is 9.29. The average Bonchev–Trinajstić information content (AvgIpc) is 3.44. The van der Waals surface area contributed by atoms with Crippen LogP contribution in [0.2, 0.25) is 5.02 Å². The summed E-state index contributed by atoms with van der Waals surface area (Å²) in [6, 6.07) is 6.73. The van der Waals surface area contributed by atoms with E-state index in [1.165, 1.54) is 6.20 Å². The average molecular weight is 477 g/mol. The Labute approximate surface area is 193 Å². The molecule has 2 amide bonds. The summed E-state index contributed by atoms with van der Waals surface area (Å²) in [5, 5.41) is 12.4. The van der Waals surface area contributed by atoms with Crippen LogP contribution in [0.15, 0.2) is 35.8 Å². The van der Waals surface area contributed by atoms with Gasteiger partial charge in [-0.1, -0.05) is 17.7 Å². The smallest absolute Gasteiger partial charge is 0.245 e. The molecule has 4 rings (SSSR count). The molecule has 3 aromatic heterocycles. The zero-order valence-corrected chi connectivity index (χ0v) is 19.1. The molecule has 1 fully saturated rings. The maximum Gasteiger partial charge on any atom is 0.245 e. The zero-order valence-electron chi connectivity index (χ0n) is 16.7. The van der Waals surface area contributed by atoms with Crippen molar-refractivity contribution in [1.29, 1.82) is 0 Å². The van der Waals surface area contributed by atoms with Crippen LogP contribution in [0.4, 0.5) is 5.82 Å². The van der Waals surface area contributed by atoms with Gasteiger partial charge in [0.05, 0.1) is 9.90 Å². The van der Waals surface area contributed by atoms with E-state index >= 15 is 0 Å². The molecule has 2 N–H and O–H groups in total. The van der Waals surface area contributed by atoms with Gasteiger partial charge in [-0.15, -0.1) is 11.3 Å². The van der Waals surface area contributed by atoms with Crippen molar-refractivity contribution < 1.29 is 9.59 Å². The van der Waals surface area contributed by atoms with Crippen LogP contribution in [0, 0.1) is 10.7 Å². The monoisotopic (exact) mass is 476 g/mol. The second-order valence-electron chi connectivity index (χ2n) is 7.33. The molecule has 1 saturated heterocycles. The van der Waals surface area contributed by atoms with Crippen molar-refractivity contribution in [2.24, 2.45) is 5.92 Å². The third-order valence-electron chi connectivity index (χ3n) is 5.35. The molecule has 0 aliphatic carbocycles. The fourth-order valence-corrected chi connectivity index (χ4v) is 4.77. The summed E-state index contributed by atoms with van der Waals surface area (Å²) in [7, 11) is 0. The molecule has 8 nitrogen and oxygen atoms in total. The van der Waals surface area contributed by atoms with Crippen molar-refractivity contribution in [3.63, 3.8) is 0 Å². The minimum atomic E-state index is -0.494. The fourth-order valence-electron chi connectivity index (χ4n) is 3.66. The lowest BCUT2D eigenvalue weighted by Gasteiger charge is -2.33. The highest BCUT2D eigenvalue weighted by molar-refractivity contribution is 7.71. The third-order valence-corrected chi connectivity index (χ3v) is 6.72. The number of halogens is 1. The molecule has 31 heavy (non-hydrogen) atoms. The molecule has 0 spiro atoms. The normalized spacial score (nSPS) is 15.6. The largest absolute Gasteiger partial charge is 0.341 e. The predicted molar refractivity (Wildman–Crippen MR) is 123 cm³/mol. The lowest BCUT2D eigenvalue weighted by molar-refractivity contribution is -0.137. The first-order valence-electron chi connectivity index (χ1n) is 9.86. The van der Waals surface area contributed by atoms with E-state index in [-0.39, 0.29) is 17.7 Å². The number of pyridine rings is 1. The van der Waals surface area contributed by atoms with E-state index < -0.39 is 6.04 Å². The molecule has 4 heterocycles. The van der Waals surface area contributed by atoms with Crippen LogP contribution in [-0.2, 0) is 9.59 Å². The lowest BCUT2D eigenvalue weighted by Crippen LogP contribution is -2.44. The number of hydrogen-bond donors (Lipinski definition) is 2. The summed E-state index contributed by atoms with van der Waals surface area (Å²) in [6.07, 6.45) is 2.67. The van der Waals surface area contributed by atoms with Gasteiger partial charge in [-0.25, -0.2) is 4.98 Å². The standard InChI is InChI=1S/C20H21ClN6O2S2/c1-12(27-17(24-25-20(27)30)15-3-2-10-31-15)19(29)26-8-6-13(7-9-26)18(28)23-16-5-4-14(21)11-22-16/h2-5,10-13H,6-9H2,1H3,(H,25,30)(H,22,23,28). The molecule has 0 aromatic carbocycles. The first kappa shape index (κ1) is 21.7. The van der Waals surface area contributed by atoms with Crippen LogP contribution in [0.1, 0.15) is 25.8 Å². The number of likely N-dealkylation sites (tertiary alicyclic amines) is 1. The topological polar surface area (TPSA) is 95.9 Å². The number of nitrogens with zero attached hydrogens (tertiary/aromatic N) is 4. The first-order chi connectivity index (χ1) is 14.9. The van der Waals surface area contributed by atoms with Gasteiger partial charge in [-0.2, -0.15) is 5.10 Å². The van der Waals surface area contributed by atoms with Crippen molar-refractivity contribution in [3.05, 3.63) is 45.6 Å². The van der Waals surface area contributed by atoms with E-state index in [4.69, 9.17) is 23.8 Å². The molecule has 1 aliphatic heterocycles. The van der Waals surface area contributed by atoms with Crippen molar-refractivity contribution in [2.45, 2.75) is 25.8 Å². The van der Waals surface area contributed by atoms with E-state index in [1.807, 2.05) is 24.4 Å². The maximum absolute atomic E-state index is 13.2. The first-order valence-corrected chi connectivity index (χ1v) is 11.5. The number of thiophene rings is 1. The molecule has 0 radical (unpaired) electrons. The van der Waals surface area contributed by atoms with Gasteiger partial charge in [0, 0.05) is 25.2 Å². The van der Waals surface area contributed by atoms with Crippen molar-refractivity contribution in [1.82, 2.24) is 24.6 Å². The van der Waals surface area contributed by atoms with Crippen molar-refractivity contribution in [2.75, 3.05) is 18.4 Å². The van der Waals surface area contributed by atoms with Crippen LogP contribution in [0.5, 0.6) is 0 Å². The number of nitrogens with one attached hydrogen (secondary N) is 2. The second-order valence-corrected chi connectivity index (χ2v) is 9.10. The molecule has 0 saturated carbocycles. The van der Waals surface area contributed by atoms with Gasteiger partial charge in [0.2, 0.25) is 11.8 Å². The Balaban J connectivity index is 1.38. The van der Waals surface area contributed by atoms with Crippen LogP contribution in [-0.4, -0.2) is 49.6 Å². The predicted octanol–water partition coefficient (Wildman–Crippen LogP) is 4.16. The van der Waals surface area contributed by atoms with Crippen LogP contribution in [0.3, 0.4) is 0 Å². The molecule has 3 aromatic rings. The summed E-state index contributed by atoms with van der Waals surface area (Å²) < 4.78 is 2.17. The van der Waals surface area contributed by atoms with Crippen LogP contribution < -0.4 is 5.32 Å². The minimum Gasteiger partial charge on any atom is -0.341 e. The molecular weight excluding hydrogens is 456 g/mol. The third kappa shape index (κ3) is 4.70. The quantitative estimate of drug-likeness (QED) is 0.539. The summed E-state index contributed by atoms with van der Waals surface area (Å²) in [5.74, 6) is 0.831. The molecule has 1 atom stereocenters. The molecule has 0 bridgehead atoms. The van der Waals surface area contributed by atoms with Gasteiger partial charge in [0.25, 0.3) is 0 Å². The highest BCUT2D eigenvalue weighted by Gasteiger charge is 2.31. The Bertz CT molecular complexity index is 1120. The Kier molecular flexibility index (Phi) is 6.49.